The van der Waals surface area contributed by atoms with Crippen molar-refractivity contribution in [2.24, 2.45) is 0 Å². The van der Waals surface area contributed by atoms with Crippen molar-refractivity contribution in [3.8, 4) is 6.07 Å². The van der Waals surface area contributed by atoms with Crippen molar-refractivity contribution in [1.82, 2.24) is 0 Å². The lowest BCUT2D eigenvalue weighted by Crippen LogP contribution is -2.19. The van der Waals surface area contributed by atoms with Crippen molar-refractivity contribution < 1.29 is 4.39 Å². The second-order valence-electron chi connectivity index (χ2n) is 6.15. The topological polar surface area (TPSA) is 27.0 Å². The molecule has 0 saturated carbocycles. The van der Waals surface area contributed by atoms with Gasteiger partial charge in [0.05, 0.1) is 22.4 Å². The van der Waals surface area contributed by atoms with E-state index in [1.54, 1.807) is 24.3 Å². The molecule has 0 aromatic heterocycles. The Morgan fingerprint density at radius 2 is 1.92 bits per heavy atom. The molecule has 1 saturated heterocycles. The summed E-state index contributed by atoms with van der Waals surface area (Å²) in [7, 11) is 0. The summed E-state index contributed by atoms with van der Waals surface area (Å²) in [5, 5.41) is 10.4. The van der Waals surface area contributed by atoms with Crippen LogP contribution in [0.15, 0.2) is 30.3 Å². The second-order valence-corrected chi connectivity index (χ2v) is 6.99. The van der Waals surface area contributed by atoms with Crippen LogP contribution < -0.4 is 4.90 Å². The minimum absolute atomic E-state index is 0.266. The number of benzene rings is 2. The van der Waals surface area contributed by atoms with Crippen LogP contribution in [0.4, 0.5) is 10.1 Å². The standard InChI is InChI=1S/C20H17Cl2FN2/c1-13-8-20(25-6-2-3-7-25)19(23)10-14(13)9-15(12-24)17-5-4-16(21)11-18(17)22/h4-5,8-11H,2-3,6-7H2,1H3. The Bertz CT molecular complexity index is 878. The molecule has 1 aliphatic heterocycles. The molecule has 1 heterocycles. The third-order valence-corrected chi connectivity index (χ3v) is 4.97. The van der Waals surface area contributed by atoms with Crippen molar-refractivity contribution in [3.63, 3.8) is 0 Å². The molecule has 1 aliphatic rings. The molecule has 0 radical (unpaired) electrons. The van der Waals surface area contributed by atoms with Gasteiger partial charge in [0.15, 0.2) is 0 Å². The maximum absolute atomic E-state index is 14.6. The largest absolute Gasteiger partial charge is 0.369 e. The molecule has 0 N–H and O–H groups in total. The molecule has 2 aromatic carbocycles. The third-order valence-electron chi connectivity index (χ3n) is 4.42. The number of anilines is 1. The van der Waals surface area contributed by atoms with Crippen LogP contribution in [-0.2, 0) is 0 Å². The van der Waals surface area contributed by atoms with Crippen LogP contribution in [0.5, 0.6) is 0 Å². The summed E-state index contributed by atoms with van der Waals surface area (Å²) < 4.78 is 14.6. The van der Waals surface area contributed by atoms with Crippen molar-refractivity contribution >= 4 is 40.5 Å². The fraction of sp³-hybridized carbons (Fsp3) is 0.250. The van der Waals surface area contributed by atoms with Gasteiger partial charge in [0, 0.05) is 23.7 Å². The van der Waals surface area contributed by atoms with E-state index in [1.165, 1.54) is 6.07 Å². The van der Waals surface area contributed by atoms with Gasteiger partial charge in [0.25, 0.3) is 0 Å². The maximum atomic E-state index is 14.6. The molecule has 2 nitrogen and oxygen atoms in total. The molecule has 1 fully saturated rings. The first-order valence-corrected chi connectivity index (χ1v) is 8.87. The second kappa shape index (κ2) is 7.47. The molecular weight excluding hydrogens is 358 g/mol. The van der Waals surface area contributed by atoms with E-state index in [2.05, 4.69) is 11.0 Å². The van der Waals surface area contributed by atoms with E-state index in [1.807, 2.05) is 13.0 Å². The van der Waals surface area contributed by atoms with Gasteiger partial charge in [-0.15, -0.1) is 0 Å². The Labute approximate surface area is 157 Å². The number of nitrogens with zero attached hydrogens (tertiary/aromatic N) is 2. The number of nitriles is 1. The van der Waals surface area contributed by atoms with Crippen LogP contribution in [0.25, 0.3) is 11.6 Å². The van der Waals surface area contributed by atoms with Gasteiger partial charge in [0.2, 0.25) is 0 Å². The first-order chi connectivity index (χ1) is 12.0. The highest BCUT2D eigenvalue weighted by atomic mass is 35.5. The summed E-state index contributed by atoms with van der Waals surface area (Å²) in [6.07, 6.45) is 3.85. The van der Waals surface area contributed by atoms with Crippen LogP contribution in [0, 0.1) is 24.1 Å². The first kappa shape index (κ1) is 17.8. The fourth-order valence-corrected chi connectivity index (χ4v) is 3.58. The predicted molar refractivity (Wildman–Crippen MR) is 103 cm³/mol. The summed E-state index contributed by atoms with van der Waals surface area (Å²) in [6, 6.07) is 10.5. The Hall–Kier alpha value is -2.02. The first-order valence-electron chi connectivity index (χ1n) is 8.12. The van der Waals surface area contributed by atoms with E-state index in [4.69, 9.17) is 23.2 Å². The zero-order valence-corrected chi connectivity index (χ0v) is 15.3. The smallest absolute Gasteiger partial charge is 0.147 e. The highest BCUT2D eigenvalue weighted by Gasteiger charge is 2.17. The summed E-state index contributed by atoms with van der Waals surface area (Å²) in [5.74, 6) is -0.266. The number of rotatable bonds is 3. The molecule has 5 heteroatoms. The minimum atomic E-state index is -0.266. The van der Waals surface area contributed by atoms with Crippen molar-refractivity contribution in [3.05, 3.63) is 62.9 Å². The Morgan fingerprint density at radius 3 is 2.56 bits per heavy atom. The van der Waals surface area contributed by atoms with Crippen LogP contribution in [0.2, 0.25) is 10.0 Å². The van der Waals surface area contributed by atoms with Gasteiger partial charge in [0.1, 0.15) is 5.82 Å². The number of hydrogen-bond donors (Lipinski definition) is 0. The maximum Gasteiger partial charge on any atom is 0.147 e. The van der Waals surface area contributed by atoms with Gasteiger partial charge in [-0.25, -0.2) is 4.39 Å². The highest BCUT2D eigenvalue weighted by Crippen LogP contribution is 2.31. The minimum Gasteiger partial charge on any atom is -0.369 e. The molecule has 0 spiro atoms. The van der Waals surface area contributed by atoms with Gasteiger partial charge in [-0.3, -0.25) is 0 Å². The normalized spacial score (nSPS) is 14.7. The monoisotopic (exact) mass is 374 g/mol. The summed E-state index contributed by atoms with van der Waals surface area (Å²) >= 11 is 12.1. The number of hydrogen-bond acceptors (Lipinski definition) is 2. The molecule has 2 aromatic rings. The van der Waals surface area contributed by atoms with Crippen molar-refractivity contribution in [2.75, 3.05) is 18.0 Å². The van der Waals surface area contributed by atoms with Crippen LogP contribution >= 0.6 is 23.2 Å². The quantitative estimate of drug-likeness (QED) is 0.478. The number of aryl methyl sites for hydroxylation is 1. The average molecular weight is 375 g/mol. The van der Waals surface area contributed by atoms with Gasteiger partial charge in [-0.05, 0) is 61.2 Å². The number of halogens is 3. The predicted octanol–water partition coefficient (Wildman–Crippen LogP) is 6.11. The van der Waals surface area contributed by atoms with Crippen LogP contribution in [0.1, 0.15) is 29.5 Å². The summed E-state index contributed by atoms with van der Waals surface area (Å²) in [5.41, 5.74) is 3.18. The molecule has 25 heavy (non-hydrogen) atoms. The fourth-order valence-electron chi connectivity index (χ4n) is 3.07. The Kier molecular flexibility index (Phi) is 5.32. The highest BCUT2D eigenvalue weighted by molar-refractivity contribution is 6.36. The van der Waals surface area contributed by atoms with E-state index in [9.17, 15) is 9.65 Å². The van der Waals surface area contributed by atoms with E-state index >= 15 is 0 Å². The molecule has 0 aliphatic carbocycles. The van der Waals surface area contributed by atoms with Gasteiger partial charge < -0.3 is 4.90 Å². The van der Waals surface area contributed by atoms with Gasteiger partial charge in [-0.1, -0.05) is 29.3 Å². The van der Waals surface area contributed by atoms with E-state index < -0.39 is 0 Å². The van der Waals surface area contributed by atoms with E-state index in [-0.39, 0.29) is 5.82 Å². The molecular formula is C20H17Cl2FN2. The van der Waals surface area contributed by atoms with Gasteiger partial charge in [-0.2, -0.15) is 5.26 Å². The molecule has 0 amide bonds. The summed E-state index contributed by atoms with van der Waals surface area (Å²) in [4.78, 5) is 2.07. The van der Waals surface area contributed by atoms with E-state index in [0.29, 0.717) is 32.4 Å². The van der Waals surface area contributed by atoms with Gasteiger partial charge >= 0.3 is 0 Å². The zero-order chi connectivity index (χ0) is 18.0. The zero-order valence-electron chi connectivity index (χ0n) is 13.8. The SMILES string of the molecule is Cc1cc(N2CCCC2)c(F)cc1C=C(C#N)c1ccc(Cl)cc1Cl. The molecule has 0 unspecified atom stereocenters. The van der Waals surface area contributed by atoms with Crippen LogP contribution in [0.3, 0.4) is 0 Å². The van der Waals surface area contributed by atoms with Crippen molar-refractivity contribution in [1.29, 1.82) is 5.26 Å². The lowest BCUT2D eigenvalue weighted by molar-refractivity contribution is 0.622. The lowest BCUT2D eigenvalue weighted by atomic mass is 10.0. The average Bonchev–Trinajstić information content (AvgIpc) is 3.10. The van der Waals surface area contributed by atoms with E-state index in [0.717, 1.165) is 31.5 Å². The molecule has 0 bridgehead atoms. The van der Waals surface area contributed by atoms with Crippen molar-refractivity contribution in [2.45, 2.75) is 19.8 Å². The molecule has 3 rings (SSSR count). The lowest BCUT2D eigenvalue weighted by Gasteiger charge is -2.19. The Balaban J connectivity index is 2.01. The van der Waals surface area contributed by atoms with Crippen LogP contribution in [-0.4, -0.2) is 13.1 Å². The summed E-state index contributed by atoms with van der Waals surface area (Å²) in [6.45, 7) is 3.69. The number of allylic oxidation sites excluding steroid dienone is 1. The third kappa shape index (κ3) is 3.81. The molecule has 128 valence electrons. The molecule has 0 atom stereocenters. The Morgan fingerprint density at radius 1 is 1.20 bits per heavy atom.